The molecule has 2 rings (SSSR count). The third-order valence-corrected chi connectivity index (χ3v) is 3.87. The Kier molecular flexibility index (Phi) is 4.25. The van der Waals surface area contributed by atoms with Crippen molar-refractivity contribution in [1.82, 2.24) is 5.32 Å². The van der Waals surface area contributed by atoms with Crippen LogP contribution in [0, 0.1) is 0 Å². The maximum atomic E-state index is 9.98. The van der Waals surface area contributed by atoms with E-state index in [-0.39, 0.29) is 0 Å². The normalized spacial score (nSPS) is 19.1. The number of methoxy groups -OCH3 is 1. The summed E-state index contributed by atoms with van der Waals surface area (Å²) in [5.74, 6) is 1.34. The Balaban J connectivity index is 1.77. The Hall–Kier alpha value is -1.06. The Morgan fingerprint density at radius 2 is 2.00 bits per heavy atom. The van der Waals surface area contributed by atoms with E-state index in [1.165, 1.54) is 5.56 Å². The van der Waals surface area contributed by atoms with E-state index in [0.717, 1.165) is 31.6 Å². The highest BCUT2D eigenvalue weighted by molar-refractivity contribution is 5.29. The molecule has 1 aromatic carbocycles. The van der Waals surface area contributed by atoms with E-state index in [9.17, 15) is 5.11 Å². The quantitative estimate of drug-likeness (QED) is 0.813. The lowest BCUT2D eigenvalue weighted by molar-refractivity contribution is -0.0312. The van der Waals surface area contributed by atoms with Crippen molar-refractivity contribution in [2.24, 2.45) is 0 Å². The van der Waals surface area contributed by atoms with Gasteiger partial charge in [0.2, 0.25) is 0 Å². The highest BCUT2D eigenvalue weighted by atomic mass is 16.5. The van der Waals surface area contributed by atoms with Gasteiger partial charge in [-0.25, -0.2) is 0 Å². The van der Waals surface area contributed by atoms with Crippen LogP contribution in [-0.4, -0.2) is 30.9 Å². The van der Waals surface area contributed by atoms with Crippen LogP contribution in [-0.2, 0) is 0 Å². The summed E-state index contributed by atoms with van der Waals surface area (Å²) in [7, 11) is 1.68. The number of rotatable bonds is 6. The predicted molar refractivity (Wildman–Crippen MR) is 73.1 cm³/mol. The molecule has 1 aliphatic carbocycles. The summed E-state index contributed by atoms with van der Waals surface area (Å²) >= 11 is 0. The Morgan fingerprint density at radius 3 is 2.50 bits per heavy atom. The van der Waals surface area contributed by atoms with Crippen molar-refractivity contribution in [1.29, 1.82) is 0 Å². The van der Waals surface area contributed by atoms with E-state index in [4.69, 9.17) is 4.74 Å². The van der Waals surface area contributed by atoms with Crippen LogP contribution < -0.4 is 10.1 Å². The molecule has 1 aromatic rings. The van der Waals surface area contributed by atoms with Crippen molar-refractivity contribution in [3.05, 3.63) is 29.8 Å². The summed E-state index contributed by atoms with van der Waals surface area (Å²) in [5.41, 5.74) is 0.864. The van der Waals surface area contributed by atoms with Gasteiger partial charge in [0.15, 0.2) is 0 Å². The van der Waals surface area contributed by atoms with E-state index in [2.05, 4.69) is 24.4 Å². The number of benzene rings is 1. The van der Waals surface area contributed by atoms with Crippen molar-refractivity contribution >= 4 is 0 Å². The molecule has 0 amide bonds. The van der Waals surface area contributed by atoms with E-state index in [1.807, 2.05) is 12.1 Å². The summed E-state index contributed by atoms with van der Waals surface area (Å²) in [6.45, 7) is 3.81. The van der Waals surface area contributed by atoms with E-state index < -0.39 is 5.60 Å². The second kappa shape index (κ2) is 5.72. The molecule has 0 aliphatic heterocycles. The van der Waals surface area contributed by atoms with Gasteiger partial charge < -0.3 is 15.2 Å². The summed E-state index contributed by atoms with van der Waals surface area (Å²) < 4.78 is 5.15. The van der Waals surface area contributed by atoms with Crippen LogP contribution in [0.1, 0.15) is 37.7 Å². The van der Waals surface area contributed by atoms with Crippen LogP contribution in [0.2, 0.25) is 0 Å². The maximum Gasteiger partial charge on any atom is 0.118 e. The largest absolute Gasteiger partial charge is 0.497 e. The van der Waals surface area contributed by atoms with Gasteiger partial charge in [0.25, 0.3) is 0 Å². The zero-order valence-electron chi connectivity index (χ0n) is 11.3. The molecule has 0 saturated heterocycles. The molecule has 1 saturated carbocycles. The molecule has 100 valence electrons. The summed E-state index contributed by atoms with van der Waals surface area (Å²) in [6.07, 6.45) is 3.04. The van der Waals surface area contributed by atoms with Gasteiger partial charge in [0, 0.05) is 13.1 Å². The average molecular weight is 249 g/mol. The molecule has 18 heavy (non-hydrogen) atoms. The van der Waals surface area contributed by atoms with E-state index in [1.54, 1.807) is 7.11 Å². The number of aliphatic hydroxyl groups is 1. The number of hydrogen-bond acceptors (Lipinski definition) is 3. The lowest BCUT2D eigenvalue weighted by Crippen LogP contribution is -2.46. The van der Waals surface area contributed by atoms with Crippen LogP contribution >= 0.6 is 0 Å². The minimum atomic E-state index is -0.431. The van der Waals surface area contributed by atoms with Gasteiger partial charge >= 0.3 is 0 Å². The van der Waals surface area contributed by atoms with Crippen LogP contribution in [0.4, 0.5) is 0 Å². The summed E-state index contributed by atoms with van der Waals surface area (Å²) in [5, 5.41) is 13.4. The molecule has 0 bridgehead atoms. The van der Waals surface area contributed by atoms with Gasteiger partial charge in [-0.1, -0.05) is 19.1 Å². The molecule has 3 heteroatoms. The lowest BCUT2D eigenvalue weighted by Gasteiger charge is -2.37. The Morgan fingerprint density at radius 1 is 1.33 bits per heavy atom. The lowest BCUT2D eigenvalue weighted by atomic mass is 9.80. The van der Waals surface area contributed by atoms with E-state index >= 15 is 0 Å². The van der Waals surface area contributed by atoms with Gasteiger partial charge in [0.05, 0.1) is 12.7 Å². The van der Waals surface area contributed by atoms with Gasteiger partial charge in [-0.3, -0.25) is 0 Å². The molecule has 0 heterocycles. The summed E-state index contributed by atoms with van der Waals surface area (Å²) in [4.78, 5) is 0. The second-order valence-electron chi connectivity index (χ2n) is 5.38. The zero-order chi connectivity index (χ0) is 13.0. The van der Waals surface area contributed by atoms with E-state index in [0.29, 0.717) is 12.5 Å². The van der Waals surface area contributed by atoms with Crippen molar-refractivity contribution in [2.75, 3.05) is 20.2 Å². The predicted octanol–water partition coefficient (Wildman–Crippen LogP) is 2.30. The first-order valence-corrected chi connectivity index (χ1v) is 6.70. The van der Waals surface area contributed by atoms with Crippen molar-refractivity contribution in [3.8, 4) is 5.75 Å². The standard InChI is InChI=1S/C15H23NO2/c1-12(10-16-11-15(17)8-3-9-15)13-4-6-14(18-2)7-5-13/h4-7,12,16-17H,3,8-11H2,1-2H3. The average Bonchev–Trinajstić information content (AvgIpc) is 2.36. The van der Waals surface area contributed by atoms with Crippen LogP contribution in [0.5, 0.6) is 5.75 Å². The fourth-order valence-electron chi connectivity index (χ4n) is 2.33. The smallest absolute Gasteiger partial charge is 0.118 e. The van der Waals surface area contributed by atoms with Crippen LogP contribution in [0.25, 0.3) is 0 Å². The molecule has 1 aliphatic rings. The number of hydrogen-bond donors (Lipinski definition) is 2. The third-order valence-electron chi connectivity index (χ3n) is 3.87. The molecule has 2 N–H and O–H groups in total. The fourth-order valence-corrected chi connectivity index (χ4v) is 2.33. The molecular weight excluding hydrogens is 226 g/mol. The van der Waals surface area contributed by atoms with Gasteiger partial charge in [-0.05, 0) is 42.9 Å². The molecular formula is C15H23NO2. The Bertz CT molecular complexity index is 371. The molecule has 0 aromatic heterocycles. The Labute approximate surface area is 109 Å². The van der Waals surface area contributed by atoms with Crippen molar-refractivity contribution in [3.63, 3.8) is 0 Å². The fraction of sp³-hybridized carbons (Fsp3) is 0.600. The highest BCUT2D eigenvalue weighted by Gasteiger charge is 2.33. The molecule has 0 radical (unpaired) electrons. The highest BCUT2D eigenvalue weighted by Crippen LogP contribution is 2.30. The third kappa shape index (κ3) is 3.24. The SMILES string of the molecule is COc1ccc(C(C)CNCC2(O)CCC2)cc1. The van der Waals surface area contributed by atoms with Crippen LogP contribution in [0.15, 0.2) is 24.3 Å². The van der Waals surface area contributed by atoms with Crippen LogP contribution in [0.3, 0.4) is 0 Å². The van der Waals surface area contributed by atoms with Gasteiger partial charge in [0.1, 0.15) is 5.75 Å². The first kappa shape index (κ1) is 13.4. The van der Waals surface area contributed by atoms with Gasteiger partial charge in [-0.15, -0.1) is 0 Å². The molecule has 0 spiro atoms. The monoisotopic (exact) mass is 249 g/mol. The molecule has 1 atom stereocenters. The number of ether oxygens (including phenoxy) is 1. The molecule has 1 unspecified atom stereocenters. The van der Waals surface area contributed by atoms with Crippen molar-refractivity contribution < 1.29 is 9.84 Å². The second-order valence-corrected chi connectivity index (χ2v) is 5.38. The minimum absolute atomic E-state index is 0.431. The maximum absolute atomic E-state index is 9.98. The summed E-state index contributed by atoms with van der Waals surface area (Å²) in [6, 6.07) is 8.18. The first-order valence-electron chi connectivity index (χ1n) is 6.70. The molecule has 1 fully saturated rings. The topological polar surface area (TPSA) is 41.5 Å². The minimum Gasteiger partial charge on any atom is -0.497 e. The zero-order valence-corrected chi connectivity index (χ0v) is 11.3. The number of nitrogens with one attached hydrogen (secondary N) is 1. The first-order chi connectivity index (χ1) is 8.63. The van der Waals surface area contributed by atoms with Crippen molar-refractivity contribution in [2.45, 2.75) is 37.7 Å². The van der Waals surface area contributed by atoms with Gasteiger partial charge in [-0.2, -0.15) is 0 Å². The molecule has 3 nitrogen and oxygen atoms in total.